The molecule has 1 fully saturated rings. The maximum Gasteiger partial charge on any atom is 0.328 e. The Balaban J connectivity index is 2.09. The SMILES string of the molecule is CC1CCCCN1C(=O)c1ccc(C=CC(=O)O)cn1. The first kappa shape index (κ1) is 14.2. The zero-order chi connectivity index (χ0) is 14.5. The predicted octanol–water partition coefficient (Wildman–Crippen LogP) is 2.19. The second-order valence-corrected chi connectivity index (χ2v) is 4.99. The maximum absolute atomic E-state index is 12.3. The second-order valence-electron chi connectivity index (χ2n) is 4.99. The van der Waals surface area contributed by atoms with E-state index in [9.17, 15) is 9.59 Å². The van der Waals surface area contributed by atoms with Crippen molar-refractivity contribution in [2.45, 2.75) is 32.2 Å². The summed E-state index contributed by atoms with van der Waals surface area (Å²) in [5.74, 6) is -1.06. The van der Waals surface area contributed by atoms with Gasteiger partial charge in [0.15, 0.2) is 0 Å². The van der Waals surface area contributed by atoms with Crippen LogP contribution >= 0.6 is 0 Å². The van der Waals surface area contributed by atoms with Gasteiger partial charge in [0, 0.05) is 24.9 Å². The summed E-state index contributed by atoms with van der Waals surface area (Å²) >= 11 is 0. The fourth-order valence-electron chi connectivity index (χ4n) is 2.34. The number of aromatic nitrogens is 1. The van der Waals surface area contributed by atoms with E-state index in [2.05, 4.69) is 11.9 Å². The lowest BCUT2D eigenvalue weighted by molar-refractivity contribution is -0.131. The number of piperidine rings is 1. The molecule has 1 amide bonds. The topological polar surface area (TPSA) is 70.5 Å². The molecular weight excluding hydrogens is 256 g/mol. The quantitative estimate of drug-likeness (QED) is 0.858. The molecule has 0 radical (unpaired) electrons. The largest absolute Gasteiger partial charge is 0.478 e. The van der Waals surface area contributed by atoms with Gasteiger partial charge in [-0.3, -0.25) is 9.78 Å². The lowest BCUT2D eigenvalue weighted by Crippen LogP contribution is -2.42. The molecule has 2 heterocycles. The number of nitrogens with zero attached hydrogens (tertiary/aromatic N) is 2. The molecule has 1 aromatic heterocycles. The van der Waals surface area contributed by atoms with Crippen LogP contribution in [0, 0.1) is 0 Å². The first-order chi connectivity index (χ1) is 9.58. The van der Waals surface area contributed by atoms with Crippen LogP contribution in [0.3, 0.4) is 0 Å². The van der Waals surface area contributed by atoms with Gasteiger partial charge >= 0.3 is 5.97 Å². The molecule has 1 aliphatic rings. The Labute approximate surface area is 117 Å². The van der Waals surface area contributed by atoms with E-state index in [4.69, 9.17) is 5.11 Å². The highest BCUT2D eigenvalue weighted by Crippen LogP contribution is 2.18. The number of pyridine rings is 1. The maximum atomic E-state index is 12.3. The summed E-state index contributed by atoms with van der Waals surface area (Å²) in [7, 11) is 0. The summed E-state index contributed by atoms with van der Waals surface area (Å²) in [6.07, 6.45) is 7.25. The van der Waals surface area contributed by atoms with Gasteiger partial charge in [-0.1, -0.05) is 6.07 Å². The van der Waals surface area contributed by atoms with Crippen LogP contribution in [0.5, 0.6) is 0 Å². The van der Waals surface area contributed by atoms with E-state index in [0.717, 1.165) is 31.9 Å². The Morgan fingerprint density at radius 1 is 1.40 bits per heavy atom. The lowest BCUT2D eigenvalue weighted by Gasteiger charge is -2.33. The molecule has 1 aliphatic heterocycles. The number of rotatable bonds is 3. The van der Waals surface area contributed by atoms with Gasteiger partial charge in [-0.05, 0) is 43.9 Å². The molecule has 1 aromatic rings. The molecule has 0 aromatic carbocycles. The van der Waals surface area contributed by atoms with Crippen LogP contribution in [0.4, 0.5) is 0 Å². The third kappa shape index (κ3) is 3.44. The molecule has 106 valence electrons. The summed E-state index contributed by atoms with van der Waals surface area (Å²) in [6, 6.07) is 3.60. The van der Waals surface area contributed by atoms with Crippen molar-refractivity contribution in [3.05, 3.63) is 35.7 Å². The summed E-state index contributed by atoms with van der Waals surface area (Å²) < 4.78 is 0. The van der Waals surface area contributed by atoms with E-state index in [1.54, 1.807) is 12.1 Å². The number of carboxylic acid groups (broad SMARTS) is 1. The Kier molecular flexibility index (Phi) is 4.50. The first-order valence-electron chi connectivity index (χ1n) is 6.76. The van der Waals surface area contributed by atoms with E-state index in [-0.39, 0.29) is 11.9 Å². The monoisotopic (exact) mass is 274 g/mol. The second kappa shape index (κ2) is 6.32. The minimum atomic E-state index is -1.01. The number of hydrogen-bond donors (Lipinski definition) is 1. The Hall–Kier alpha value is -2.17. The zero-order valence-corrected chi connectivity index (χ0v) is 11.5. The minimum Gasteiger partial charge on any atom is -0.478 e. The highest BCUT2D eigenvalue weighted by atomic mass is 16.4. The lowest BCUT2D eigenvalue weighted by atomic mass is 10.0. The Morgan fingerprint density at radius 2 is 2.20 bits per heavy atom. The Morgan fingerprint density at radius 3 is 2.80 bits per heavy atom. The third-order valence-corrected chi connectivity index (χ3v) is 3.49. The van der Waals surface area contributed by atoms with Crippen molar-refractivity contribution in [2.24, 2.45) is 0 Å². The number of carboxylic acids is 1. The van der Waals surface area contributed by atoms with Crippen molar-refractivity contribution in [2.75, 3.05) is 6.54 Å². The Bertz CT molecular complexity index is 522. The van der Waals surface area contributed by atoms with Gasteiger partial charge in [-0.15, -0.1) is 0 Å². The average molecular weight is 274 g/mol. The van der Waals surface area contributed by atoms with Crippen LogP contribution in [0.1, 0.15) is 42.2 Å². The van der Waals surface area contributed by atoms with E-state index < -0.39 is 5.97 Å². The van der Waals surface area contributed by atoms with Crippen LogP contribution in [-0.4, -0.2) is 39.5 Å². The normalized spacial score (nSPS) is 19.2. The summed E-state index contributed by atoms with van der Waals surface area (Å²) in [5, 5.41) is 8.55. The van der Waals surface area contributed by atoms with E-state index in [0.29, 0.717) is 11.3 Å². The number of carbonyl (C=O) groups is 2. The number of hydrogen-bond acceptors (Lipinski definition) is 3. The van der Waals surface area contributed by atoms with Gasteiger partial charge < -0.3 is 10.0 Å². The molecule has 1 unspecified atom stereocenters. The fraction of sp³-hybridized carbons (Fsp3) is 0.400. The number of amides is 1. The van der Waals surface area contributed by atoms with Crippen molar-refractivity contribution in [3.8, 4) is 0 Å². The van der Waals surface area contributed by atoms with Crippen LogP contribution < -0.4 is 0 Å². The molecule has 1 N–H and O–H groups in total. The molecule has 20 heavy (non-hydrogen) atoms. The van der Waals surface area contributed by atoms with E-state index in [1.807, 2.05) is 4.90 Å². The third-order valence-electron chi connectivity index (χ3n) is 3.49. The molecule has 0 aliphatic carbocycles. The van der Waals surface area contributed by atoms with Crippen molar-refractivity contribution < 1.29 is 14.7 Å². The summed E-state index contributed by atoms with van der Waals surface area (Å²) in [5.41, 5.74) is 1.07. The van der Waals surface area contributed by atoms with E-state index >= 15 is 0 Å². The molecule has 5 heteroatoms. The average Bonchev–Trinajstić information content (AvgIpc) is 2.45. The van der Waals surface area contributed by atoms with Crippen LogP contribution in [0.15, 0.2) is 24.4 Å². The van der Waals surface area contributed by atoms with Crippen LogP contribution in [0.2, 0.25) is 0 Å². The van der Waals surface area contributed by atoms with Gasteiger partial charge in [0.2, 0.25) is 0 Å². The zero-order valence-electron chi connectivity index (χ0n) is 11.5. The highest BCUT2D eigenvalue weighted by Gasteiger charge is 2.24. The summed E-state index contributed by atoms with van der Waals surface area (Å²) in [4.78, 5) is 28.8. The number of aliphatic carboxylic acids is 1. The molecule has 1 saturated heterocycles. The first-order valence-corrected chi connectivity index (χ1v) is 6.76. The van der Waals surface area contributed by atoms with Gasteiger partial charge in [-0.2, -0.15) is 0 Å². The van der Waals surface area contributed by atoms with Crippen molar-refractivity contribution >= 4 is 18.0 Å². The van der Waals surface area contributed by atoms with Crippen molar-refractivity contribution in [3.63, 3.8) is 0 Å². The van der Waals surface area contributed by atoms with Crippen molar-refractivity contribution in [1.82, 2.24) is 9.88 Å². The number of likely N-dealkylation sites (tertiary alicyclic amines) is 1. The molecular formula is C15H18N2O3. The summed E-state index contributed by atoms with van der Waals surface area (Å²) in [6.45, 7) is 2.84. The van der Waals surface area contributed by atoms with Gasteiger partial charge in [0.05, 0.1) is 0 Å². The van der Waals surface area contributed by atoms with Crippen LogP contribution in [0.25, 0.3) is 6.08 Å². The van der Waals surface area contributed by atoms with Crippen molar-refractivity contribution in [1.29, 1.82) is 0 Å². The standard InChI is InChI=1S/C15H18N2O3/c1-11-4-2-3-9-17(11)15(20)13-7-5-12(10-16-13)6-8-14(18)19/h5-8,10-11H,2-4,9H2,1H3,(H,18,19). The van der Waals surface area contributed by atoms with Gasteiger partial charge in [0.1, 0.15) is 5.69 Å². The van der Waals surface area contributed by atoms with Crippen LogP contribution in [-0.2, 0) is 4.79 Å². The van der Waals surface area contributed by atoms with E-state index in [1.165, 1.54) is 12.3 Å². The predicted molar refractivity (Wildman–Crippen MR) is 75.3 cm³/mol. The molecule has 0 bridgehead atoms. The molecule has 5 nitrogen and oxygen atoms in total. The number of carbonyl (C=O) groups excluding carboxylic acids is 1. The fourth-order valence-corrected chi connectivity index (χ4v) is 2.34. The minimum absolute atomic E-state index is 0.0500. The molecule has 0 spiro atoms. The molecule has 1 atom stereocenters. The highest BCUT2D eigenvalue weighted by molar-refractivity contribution is 5.92. The molecule has 0 saturated carbocycles. The van der Waals surface area contributed by atoms with Gasteiger partial charge in [-0.25, -0.2) is 4.79 Å². The smallest absolute Gasteiger partial charge is 0.328 e. The molecule has 2 rings (SSSR count). The van der Waals surface area contributed by atoms with Gasteiger partial charge in [0.25, 0.3) is 5.91 Å².